The van der Waals surface area contributed by atoms with Gasteiger partial charge in [0.25, 0.3) is 5.91 Å². The van der Waals surface area contributed by atoms with Gasteiger partial charge in [0.2, 0.25) is 0 Å². The van der Waals surface area contributed by atoms with E-state index in [1.807, 2.05) is 30.3 Å². The van der Waals surface area contributed by atoms with E-state index in [0.29, 0.717) is 18.0 Å². The van der Waals surface area contributed by atoms with Crippen LogP contribution in [-0.4, -0.2) is 18.0 Å². The van der Waals surface area contributed by atoms with E-state index in [1.54, 1.807) is 48.5 Å². The Labute approximate surface area is 174 Å². The first-order valence-corrected chi connectivity index (χ1v) is 9.44. The van der Waals surface area contributed by atoms with E-state index < -0.39 is 18.0 Å². The van der Waals surface area contributed by atoms with Crippen molar-refractivity contribution in [2.24, 2.45) is 0 Å². The van der Waals surface area contributed by atoms with Crippen molar-refractivity contribution in [3.05, 3.63) is 95.0 Å². The number of carbonyl (C=O) groups excluding carboxylic acids is 2. The molecule has 0 spiro atoms. The molecule has 0 bridgehead atoms. The highest BCUT2D eigenvalue weighted by Gasteiger charge is 2.20. The molecule has 0 radical (unpaired) electrons. The lowest BCUT2D eigenvalue weighted by Gasteiger charge is -2.14. The van der Waals surface area contributed by atoms with Crippen LogP contribution in [0.1, 0.15) is 22.8 Å². The standard InChI is InChI=1S/C23H20ClNO4/c1-16(29-23(27)20-9-5-6-10-21(20)24)22(26)25-18-11-13-19(14-12-18)28-15-17-7-3-2-4-8-17/h2-14,16H,15H2,1H3,(H,25,26)/t16-/m0/s1. The Morgan fingerprint density at radius 3 is 2.28 bits per heavy atom. The third-order valence-corrected chi connectivity index (χ3v) is 4.45. The Bertz CT molecular complexity index is 974. The molecule has 148 valence electrons. The molecule has 0 fully saturated rings. The van der Waals surface area contributed by atoms with Gasteiger partial charge in [-0.1, -0.05) is 54.1 Å². The second kappa shape index (κ2) is 9.75. The van der Waals surface area contributed by atoms with Crippen LogP contribution in [0.2, 0.25) is 5.02 Å². The number of amides is 1. The Morgan fingerprint density at radius 1 is 0.931 bits per heavy atom. The average molecular weight is 410 g/mol. The van der Waals surface area contributed by atoms with Gasteiger partial charge in [0.15, 0.2) is 6.10 Å². The molecule has 0 unspecified atom stereocenters. The highest BCUT2D eigenvalue weighted by molar-refractivity contribution is 6.33. The Kier molecular flexibility index (Phi) is 6.87. The lowest BCUT2D eigenvalue weighted by atomic mass is 10.2. The van der Waals surface area contributed by atoms with Crippen molar-refractivity contribution in [2.75, 3.05) is 5.32 Å². The first kappa shape index (κ1) is 20.4. The minimum absolute atomic E-state index is 0.216. The normalized spacial score (nSPS) is 11.4. The molecule has 29 heavy (non-hydrogen) atoms. The minimum atomic E-state index is -0.979. The summed E-state index contributed by atoms with van der Waals surface area (Å²) in [6, 6.07) is 23.3. The summed E-state index contributed by atoms with van der Waals surface area (Å²) in [5.41, 5.74) is 1.86. The maximum absolute atomic E-state index is 12.3. The van der Waals surface area contributed by atoms with Crippen molar-refractivity contribution < 1.29 is 19.1 Å². The zero-order valence-corrected chi connectivity index (χ0v) is 16.6. The Hall–Kier alpha value is -3.31. The summed E-state index contributed by atoms with van der Waals surface area (Å²) >= 11 is 5.98. The van der Waals surface area contributed by atoms with Gasteiger partial charge in [0.1, 0.15) is 12.4 Å². The summed E-state index contributed by atoms with van der Waals surface area (Å²) in [6.45, 7) is 1.96. The maximum atomic E-state index is 12.3. The SMILES string of the molecule is C[C@H](OC(=O)c1ccccc1Cl)C(=O)Nc1ccc(OCc2ccccc2)cc1. The van der Waals surface area contributed by atoms with Crippen LogP contribution in [0.4, 0.5) is 5.69 Å². The first-order valence-electron chi connectivity index (χ1n) is 9.06. The fourth-order valence-corrected chi connectivity index (χ4v) is 2.74. The van der Waals surface area contributed by atoms with Crippen LogP contribution in [0, 0.1) is 0 Å². The molecule has 1 N–H and O–H groups in total. The van der Waals surface area contributed by atoms with Crippen LogP contribution in [-0.2, 0) is 16.1 Å². The van der Waals surface area contributed by atoms with Gasteiger partial charge in [-0.3, -0.25) is 4.79 Å². The summed E-state index contributed by atoms with van der Waals surface area (Å²) in [6.07, 6.45) is -0.979. The Morgan fingerprint density at radius 2 is 1.59 bits per heavy atom. The molecule has 3 aromatic rings. The van der Waals surface area contributed by atoms with Gasteiger partial charge in [-0.2, -0.15) is 0 Å². The molecule has 0 saturated heterocycles. The van der Waals surface area contributed by atoms with Gasteiger partial charge in [0, 0.05) is 5.69 Å². The van der Waals surface area contributed by atoms with Gasteiger partial charge in [-0.15, -0.1) is 0 Å². The number of hydrogen-bond acceptors (Lipinski definition) is 4. The highest BCUT2D eigenvalue weighted by Crippen LogP contribution is 2.19. The average Bonchev–Trinajstić information content (AvgIpc) is 2.74. The molecule has 0 aromatic heterocycles. The second-order valence-electron chi connectivity index (χ2n) is 6.32. The van der Waals surface area contributed by atoms with Gasteiger partial charge < -0.3 is 14.8 Å². The minimum Gasteiger partial charge on any atom is -0.489 e. The molecule has 0 aliphatic carbocycles. The molecule has 5 nitrogen and oxygen atoms in total. The molecule has 0 heterocycles. The molecular formula is C23H20ClNO4. The molecule has 1 amide bonds. The number of halogens is 1. The fraction of sp³-hybridized carbons (Fsp3) is 0.130. The van der Waals surface area contributed by atoms with Crippen LogP contribution in [0.15, 0.2) is 78.9 Å². The Balaban J connectivity index is 1.52. The van der Waals surface area contributed by atoms with Crippen LogP contribution in [0.3, 0.4) is 0 Å². The van der Waals surface area contributed by atoms with Crippen molar-refractivity contribution >= 4 is 29.2 Å². The number of esters is 1. The van der Waals surface area contributed by atoms with E-state index in [2.05, 4.69) is 5.32 Å². The number of anilines is 1. The van der Waals surface area contributed by atoms with E-state index in [1.165, 1.54) is 6.92 Å². The summed E-state index contributed by atoms with van der Waals surface area (Å²) in [5, 5.41) is 2.98. The van der Waals surface area contributed by atoms with Gasteiger partial charge in [-0.05, 0) is 48.9 Å². The van der Waals surface area contributed by atoms with Crippen LogP contribution >= 0.6 is 11.6 Å². The van der Waals surface area contributed by atoms with Crippen LogP contribution in [0.25, 0.3) is 0 Å². The molecule has 0 aliphatic heterocycles. The van der Waals surface area contributed by atoms with Crippen molar-refractivity contribution in [3.63, 3.8) is 0 Å². The van der Waals surface area contributed by atoms with Crippen molar-refractivity contribution in [1.82, 2.24) is 0 Å². The lowest BCUT2D eigenvalue weighted by Crippen LogP contribution is -2.30. The molecular weight excluding hydrogens is 390 g/mol. The molecule has 3 aromatic carbocycles. The number of nitrogens with one attached hydrogen (secondary N) is 1. The summed E-state index contributed by atoms with van der Waals surface area (Å²) in [7, 11) is 0. The van der Waals surface area contributed by atoms with Crippen molar-refractivity contribution in [1.29, 1.82) is 0 Å². The number of hydrogen-bond donors (Lipinski definition) is 1. The fourth-order valence-electron chi connectivity index (χ4n) is 2.52. The predicted octanol–water partition coefficient (Wildman–Crippen LogP) is 5.10. The summed E-state index contributed by atoms with van der Waals surface area (Å²) in [5.74, 6) is -0.406. The van der Waals surface area contributed by atoms with Crippen molar-refractivity contribution in [2.45, 2.75) is 19.6 Å². The zero-order chi connectivity index (χ0) is 20.6. The van der Waals surface area contributed by atoms with Gasteiger partial charge in [-0.25, -0.2) is 4.79 Å². The number of ether oxygens (including phenoxy) is 2. The van der Waals surface area contributed by atoms with Crippen LogP contribution in [0.5, 0.6) is 5.75 Å². The van der Waals surface area contributed by atoms with E-state index in [0.717, 1.165) is 5.56 Å². The van der Waals surface area contributed by atoms with Crippen molar-refractivity contribution in [3.8, 4) is 5.75 Å². The van der Waals surface area contributed by atoms with Gasteiger partial charge in [0.05, 0.1) is 10.6 Å². The van der Waals surface area contributed by atoms with E-state index in [-0.39, 0.29) is 10.6 Å². The quantitative estimate of drug-likeness (QED) is 0.551. The first-order chi connectivity index (χ1) is 14.0. The lowest BCUT2D eigenvalue weighted by molar-refractivity contribution is -0.123. The van der Waals surface area contributed by atoms with E-state index in [4.69, 9.17) is 21.1 Å². The molecule has 6 heteroatoms. The monoisotopic (exact) mass is 409 g/mol. The summed E-state index contributed by atoms with van der Waals surface area (Å²) < 4.78 is 10.9. The third kappa shape index (κ3) is 5.83. The highest BCUT2D eigenvalue weighted by atomic mass is 35.5. The zero-order valence-electron chi connectivity index (χ0n) is 15.8. The molecule has 3 rings (SSSR count). The smallest absolute Gasteiger partial charge is 0.340 e. The molecule has 0 saturated carbocycles. The number of rotatable bonds is 7. The van der Waals surface area contributed by atoms with Crippen LogP contribution < -0.4 is 10.1 Å². The van der Waals surface area contributed by atoms with E-state index >= 15 is 0 Å². The maximum Gasteiger partial charge on any atom is 0.340 e. The topological polar surface area (TPSA) is 64.6 Å². The molecule has 0 aliphatic rings. The predicted molar refractivity (Wildman–Crippen MR) is 112 cm³/mol. The van der Waals surface area contributed by atoms with Gasteiger partial charge >= 0.3 is 5.97 Å². The number of benzene rings is 3. The second-order valence-corrected chi connectivity index (χ2v) is 6.72. The third-order valence-electron chi connectivity index (χ3n) is 4.12. The molecule has 1 atom stereocenters. The largest absolute Gasteiger partial charge is 0.489 e. The summed E-state index contributed by atoms with van der Waals surface area (Å²) in [4.78, 5) is 24.5. The number of carbonyl (C=O) groups is 2. The van der Waals surface area contributed by atoms with E-state index in [9.17, 15) is 9.59 Å².